The Morgan fingerprint density at radius 3 is 2.56 bits per heavy atom. The van der Waals surface area contributed by atoms with E-state index < -0.39 is 5.97 Å². The summed E-state index contributed by atoms with van der Waals surface area (Å²) in [5.74, 6) is 0.300. The third-order valence-corrected chi connectivity index (χ3v) is 4.90. The molecule has 2 fully saturated rings. The third-order valence-electron chi connectivity index (χ3n) is 4.90. The number of fused-ring (bicyclic) bond motifs is 2. The molecule has 4 unspecified atom stereocenters. The van der Waals surface area contributed by atoms with Crippen molar-refractivity contribution in [1.82, 2.24) is 10.2 Å². The molecule has 0 aromatic carbocycles. The zero-order chi connectivity index (χ0) is 13.1. The van der Waals surface area contributed by atoms with E-state index in [1.54, 1.807) is 0 Å². The maximum absolute atomic E-state index is 11.4. The van der Waals surface area contributed by atoms with Crippen LogP contribution in [-0.4, -0.2) is 48.2 Å². The third kappa shape index (κ3) is 2.69. The van der Waals surface area contributed by atoms with Gasteiger partial charge in [0.1, 0.15) is 0 Å². The van der Waals surface area contributed by atoms with Crippen LogP contribution >= 0.6 is 0 Å². The Bertz CT molecular complexity index is 292. The van der Waals surface area contributed by atoms with Gasteiger partial charge in [-0.05, 0) is 44.2 Å². The molecule has 0 spiro atoms. The lowest BCUT2D eigenvalue weighted by Crippen LogP contribution is -2.46. The van der Waals surface area contributed by atoms with Crippen LogP contribution in [-0.2, 0) is 4.79 Å². The van der Waals surface area contributed by atoms with Crippen LogP contribution in [0.2, 0.25) is 0 Å². The summed E-state index contributed by atoms with van der Waals surface area (Å²) >= 11 is 0. The van der Waals surface area contributed by atoms with Crippen molar-refractivity contribution in [3.05, 3.63) is 0 Å². The second kappa shape index (κ2) is 6.02. The van der Waals surface area contributed by atoms with Crippen molar-refractivity contribution < 1.29 is 9.90 Å². The van der Waals surface area contributed by atoms with Gasteiger partial charge in [0.15, 0.2) is 0 Å². The highest BCUT2D eigenvalue weighted by Gasteiger charge is 2.50. The summed E-state index contributed by atoms with van der Waals surface area (Å²) in [5, 5.41) is 12.9. The summed E-state index contributed by atoms with van der Waals surface area (Å²) in [6, 6.07) is 0.219. The monoisotopic (exact) mass is 254 g/mol. The Morgan fingerprint density at radius 2 is 1.94 bits per heavy atom. The molecule has 0 saturated heterocycles. The molecule has 0 aromatic heterocycles. The Morgan fingerprint density at radius 1 is 1.28 bits per heavy atom. The molecule has 4 heteroatoms. The molecule has 2 aliphatic carbocycles. The maximum Gasteiger partial charge on any atom is 0.308 e. The Kier molecular flexibility index (Phi) is 4.62. The fourth-order valence-corrected chi connectivity index (χ4v) is 3.87. The molecule has 0 heterocycles. The van der Waals surface area contributed by atoms with E-state index in [4.69, 9.17) is 0 Å². The summed E-state index contributed by atoms with van der Waals surface area (Å²) in [4.78, 5) is 13.7. The standard InChI is InChI=1S/C14H26N2O2/c1-3-16(4-2)8-7-15-13-11-6-5-10(9-11)12(13)14(17)18/h10-13,15H,3-9H2,1-2H3,(H,17,18). The number of nitrogens with zero attached hydrogens (tertiary/aromatic N) is 1. The van der Waals surface area contributed by atoms with E-state index in [0.717, 1.165) is 39.0 Å². The Labute approximate surface area is 110 Å². The molecule has 0 aliphatic heterocycles. The van der Waals surface area contributed by atoms with E-state index in [1.807, 2.05) is 0 Å². The first-order chi connectivity index (χ1) is 8.67. The molecule has 2 aliphatic rings. The molecule has 0 aromatic rings. The number of nitrogens with one attached hydrogen (secondary N) is 1. The molecule has 4 atom stereocenters. The van der Waals surface area contributed by atoms with Gasteiger partial charge < -0.3 is 15.3 Å². The number of carboxylic acids is 1. The Hall–Kier alpha value is -0.610. The molecule has 2 saturated carbocycles. The van der Waals surface area contributed by atoms with Crippen molar-refractivity contribution >= 4 is 5.97 Å². The first-order valence-corrected chi connectivity index (χ1v) is 7.35. The largest absolute Gasteiger partial charge is 0.481 e. The molecule has 2 N–H and O–H groups in total. The van der Waals surface area contributed by atoms with E-state index in [2.05, 4.69) is 24.1 Å². The highest BCUT2D eigenvalue weighted by molar-refractivity contribution is 5.72. The Balaban J connectivity index is 1.83. The molecule has 0 amide bonds. The molecule has 2 rings (SSSR count). The molecule has 18 heavy (non-hydrogen) atoms. The maximum atomic E-state index is 11.4. The van der Waals surface area contributed by atoms with E-state index >= 15 is 0 Å². The van der Waals surface area contributed by atoms with Crippen molar-refractivity contribution in [2.24, 2.45) is 17.8 Å². The number of aliphatic carboxylic acids is 1. The van der Waals surface area contributed by atoms with Crippen LogP contribution in [0.4, 0.5) is 0 Å². The zero-order valence-corrected chi connectivity index (χ0v) is 11.6. The minimum absolute atomic E-state index is 0.138. The number of hydrogen-bond acceptors (Lipinski definition) is 3. The number of likely N-dealkylation sites (N-methyl/N-ethyl adjacent to an activating group) is 1. The molecule has 104 valence electrons. The second-order valence-corrected chi connectivity index (χ2v) is 5.70. The van der Waals surface area contributed by atoms with E-state index in [-0.39, 0.29) is 12.0 Å². The van der Waals surface area contributed by atoms with Gasteiger partial charge in [-0.2, -0.15) is 0 Å². The second-order valence-electron chi connectivity index (χ2n) is 5.70. The average molecular weight is 254 g/mol. The molecular formula is C14H26N2O2. The van der Waals surface area contributed by atoms with E-state index in [0.29, 0.717) is 11.8 Å². The van der Waals surface area contributed by atoms with Gasteiger partial charge in [-0.1, -0.05) is 13.8 Å². The van der Waals surface area contributed by atoms with Crippen molar-refractivity contribution in [2.45, 2.75) is 39.2 Å². The number of hydrogen-bond donors (Lipinski definition) is 2. The molecule has 0 radical (unpaired) electrons. The quantitative estimate of drug-likeness (QED) is 0.721. The lowest BCUT2D eigenvalue weighted by Gasteiger charge is -2.30. The minimum Gasteiger partial charge on any atom is -0.481 e. The first-order valence-electron chi connectivity index (χ1n) is 7.35. The van der Waals surface area contributed by atoms with E-state index in [9.17, 15) is 9.90 Å². The highest BCUT2D eigenvalue weighted by Crippen LogP contribution is 2.48. The van der Waals surface area contributed by atoms with E-state index in [1.165, 1.54) is 6.42 Å². The van der Waals surface area contributed by atoms with Gasteiger partial charge in [0, 0.05) is 19.1 Å². The van der Waals surface area contributed by atoms with Crippen LogP contribution in [0.3, 0.4) is 0 Å². The van der Waals surface area contributed by atoms with Gasteiger partial charge in [-0.25, -0.2) is 0 Å². The lowest BCUT2D eigenvalue weighted by molar-refractivity contribution is -0.144. The summed E-state index contributed by atoms with van der Waals surface area (Å²) in [6.45, 7) is 8.41. The topological polar surface area (TPSA) is 52.6 Å². The van der Waals surface area contributed by atoms with Crippen LogP contribution in [0, 0.1) is 17.8 Å². The van der Waals surface area contributed by atoms with Gasteiger partial charge in [-0.15, -0.1) is 0 Å². The predicted octanol–water partition coefficient (Wildman–Crippen LogP) is 1.42. The van der Waals surface area contributed by atoms with Crippen molar-refractivity contribution in [1.29, 1.82) is 0 Å². The van der Waals surface area contributed by atoms with Crippen LogP contribution in [0.25, 0.3) is 0 Å². The van der Waals surface area contributed by atoms with Gasteiger partial charge in [0.25, 0.3) is 0 Å². The van der Waals surface area contributed by atoms with Crippen molar-refractivity contribution in [2.75, 3.05) is 26.2 Å². The number of carbonyl (C=O) groups is 1. The fraction of sp³-hybridized carbons (Fsp3) is 0.929. The zero-order valence-electron chi connectivity index (χ0n) is 11.6. The average Bonchev–Trinajstić information content (AvgIpc) is 2.94. The molecule has 2 bridgehead atoms. The van der Waals surface area contributed by atoms with Crippen LogP contribution in [0.1, 0.15) is 33.1 Å². The van der Waals surface area contributed by atoms with Crippen molar-refractivity contribution in [3.8, 4) is 0 Å². The van der Waals surface area contributed by atoms with Crippen LogP contribution in [0.5, 0.6) is 0 Å². The molecule has 4 nitrogen and oxygen atoms in total. The highest BCUT2D eigenvalue weighted by atomic mass is 16.4. The van der Waals surface area contributed by atoms with Crippen LogP contribution in [0.15, 0.2) is 0 Å². The minimum atomic E-state index is -0.595. The molecular weight excluding hydrogens is 228 g/mol. The van der Waals surface area contributed by atoms with Gasteiger partial charge in [-0.3, -0.25) is 4.79 Å². The van der Waals surface area contributed by atoms with Crippen molar-refractivity contribution in [3.63, 3.8) is 0 Å². The van der Waals surface area contributed by atoms with Crippen LogP contribution < -0.4 is 5.32 Å². The van der Waals surface area contributed by atoms with Gasteiger partial charge >= 0.3 is 5.97 Å². The predicted molar refractivity (Wildman–Crippen MR) is 71.5 cm³/mol. The summed E-state index contributed by atoms with van der Waals surface area (Å²) < 4.78 is 0. The number of carboxylic acid groups (broad SMARTS) is 1. The summed E-state index contributed by atoms with van der Waals surface area (Å²) in [7, 11) is 0. The normalized spacial score (nSPS) is 34.4. The van der Waals surface area contributed by atoms with Gasteiger partial charge in [0.2, 0.25) is 0 Å². The SMILES string of the molecule is CCN(CC)CCNC1C2CCC(C2)C1C(=O)O. The lowest BCUT2D eigenvalue weighted by atomic mass is 9.84. The van der Waals surface area contributed by atoms with Gasteiger partial charge in [0.05, 0.1) is 5.92 Å². The summed E-state index contributed by atoms with van der Waals surface area (Å²) in [6.07, 6.45) is 3.47. The first kappa shape index (κ1) is 13.8. The number of rotatable bonds is 7. The summed E-state index contributed by atoms with van der Waals surface area (Å²) in [5.41, 5.74) is 0. The fourth-order valence-electron chi connectivity index (χ4n) is 3.87. The smallest absolute Gasteiger partial charge is 0.308 e.